The summed E-state index contributed by atoms with van der Waals surface area (Å²) in [6.07, 6.45) is 0.414. The van der Waals surface area contributed by atoms with Crippen molar-refractivity contribution in [3.8, 4) is 0 Å². The Balaban J connectivity index is 2.22. The van der Waals surface area contributed by atoms with Gasteiger partial charge in [0.2, 0.25) is 0 Å². The van der Waals surface area contributed by atoms with Crippen molar-refractivity contribution in [1.29, 1.82) is 0 Å². The average molecular weight is 433 g/mol. The lowest BCUT2D eigenvalue weighted by atomic mass is 9.76. The van der Waals surface area contributed by atoms with E-state index in [0.29, 0.717) is 6.42 Å². The second-order valence-electron chi connectivity index (χ2n) is 7.44. The molecule has 1 atom stereocenters. The molecule has 0 unspecified atom stereocenters. The van der Waals surface area contributed by atoms with Gasteiger partial charge in [0.15, 0.2) is 0 Å². The van der Waals surface area contributed by atoms with Gasteiger partial charge in [-0.05, 0) is 35.2 Å². The standard InChI is InChI=1S/C26H28N2O4/c1-3-23(25(30)31)28-26(19-11-6-4-7-12-19,20-13-8-5-9-14-20)21-15-10-16-22(17-21)27-18-24(29)32-2/h4-17,23,27-28H,3,18H2,1-2H3,(H,30,31)/t23-/m0/s1. The first-order valence-electron chi connectivity index (χ1n) is 10.5. The molecule has 0 spiro atoms. The number of carboxylic acid groups (broad SMARTS) is 1. The first-order chi connectivity index (χ1) is 15.5. The minimum absolute atomic E-state index is 0.0315. The number of carboxylic acids is 1. The quantitative estimate of drug-likeness (QED) is 0.331. The van der Waals surface area contributed by atoms with E-state index in [1.54, 1.807) is 0 Å². The molecule has 0 saturated heterocycles. The third-order valence-electron chi connectivity index (χ3n) is 5.47. The highest BCUT2D eigenvalue weighted by atomic mass is 16.5. The van der Waals surface area contributed by atoms with Crippen molar-refractivity contribution in [2.24, 2.45) is 0 Å². The number of rotatable bonds is 10. The van der Waals surface area contributed by atoms with E-state index in [2.05, 4.69) is 10.6 Å². The average Bonchev–Trinajstić information content (AvgIpc) is 2.84. The lowest BCUT2D eigenvalue weighted by Crippen LogP contribution is -2.52. The molecule has 166 valence electrons. The molecule has 0 aliphatic heterocycles. The van der Waals surface area contributed by atoms with Crippen LogP contribution in [0.15, 0.2) is 84.9 Å². The molecular formula is C26H28N2O4. The summed E-state index contributed by atoms with van der Waals surface area (Å²) >= 11 is 0. The summed E-state index contributed by atoms with van der Waals surface area (Å²) < 4.78 is 4.72. The summed E-state index contributed by atoms with van der Waals surface area (Å²) in [5, 5.41) is 16.4. The highest BCUT2D eigenvalue weighted by molar-refractivity contribution is 5.75. The van der Waals surface area contributed by atoms with E-state index in [1.807, 2.05) is 91.9 Å². The molecule has 6 heteroatoms. The molecule has 0 aliphatic rings. The number of ether oxygens (including phenoxy) is 1. The summed E-state index contributed by atoms with van der Waals surface area (Å²) in [5.74, 6) is -1.29. The van der Waals surface area contributed by atoms with E-state index in [1.165, 1.54) is 7.11 Å². The van der Waals surface area contributed by atoms with Crippen molar-refractivity contribution in [3.63, 3.8) is 0 Å². The Hall–Kier alpha value is -3.64. The van der Waals surface area contributed by atoms with Crippen LogP contribution >= 0.6 is 0 Å². The fraction of sp³-hybridized carbons (Fsp3) is 0.231. The van der Waals surface area contributed by atoms with Gasteiger partial charge in [0.25, 0.3) is 0 Å². The molecule has 0 fully saturated rings. The number of carbonyl (C=O) groups is 2. The number of hydrogen-bond donors (Lipinski definition) is 3. The fourth-order valence-electron chi connectivity index (χ4n) is 3.83. The Bertz CT molecular complexity index is 998. The van der Waals surface area contributed by atoms with E-state index >= 15 is 0 Å². The second kappa shape index (κ2) is 10.6. The molecule has 3 rings (SSSR count). The van der Waals surface area contributed by atoms with Gasteiger partial charge in [0, 0.05) is 5.69 Å². The smallest absolute Gasteiger partial charge is 0.325 e. The van der Waals surface area contributed by atoms with Gasteiger partial charge in [-0.25, -0.2) is 0 Å². The maximum absolute atomic E-state index is 12.1. The first kappa shape index (κ1) is 23.0. The van der Waals surface area contributed by atoms with E-state index < -0.39 is 17.6 Å². The van der Waals surface area contributed by atoms with Gasteiger partial charge < -0.3 is 15.2 Å². The van der Waals surface area contributed by atoms with Crippen molar-refractivity contribution in [1.82, 2.24) is 5.32 Å². The minimum atomic E-state index is -0.926. The summed E-state index contributed by atoms with van der Waals surface area (Å²) in [6.45, 7) is 1.88. The van der Waals surface area contributed by atoms with Crippen molar-refractivity contribution in [2.75, 3.05) is 19.0 Å². The Kier molecular flexibility index (Phi) is 7.63. The predicted octanol–water partition coefficient (Wildman–Crippen LogP) is 4.02. The van der Waals surface area contributed by atoms with Crippen LogP contribution in [-0.2, 0) is 19.9 Å². The Morgan fingerprint density at radius 3 is 1.97 bits per heavy atom. The monoisotopic (exact) mass is 432 g/mol. The maximum Gasteiger partial charge on any atom is 0.325 e. The molecule has 3 aromatic rings. The number of methoxy groups -OCH3 is 1. The number of hydrogen-bond acceptors (Lipinski definition) is 5. The molecule has 0 aromatic heterocycles. The van der Waals surface area contributed by atoms with E-state index in [-0.39, 0.29) is 12.5 Å². The Morgan fingerprint density at radius 2 is 1.47 bits per heavy atom. The maximum atomic E-state index is 12.1. The topological polar surface area (TPSA) is 87.7 Å². The van der Waals surface area contributed by atoms with Crippen molar-refractivity contribution in [3.05, 3.63) is 102 Å². The molecule has 0 saturated carbocycles. The van der Waals surface area contributed by atoms with Gasteiger partial charge in [0.1, 0.15) is 12.6 Å². The van der Waals surface area contributed by atoms with Crippen LogP contribution in [0.1, 0.15) is 30.0 Å². The van der Waals surface area contributed by atoms with Crippen LogP contribution in [0.25, 0.3) is 0 Å². The lowest BCUT2D eigenvalue weighted by Gasteiger charge is -2.39. The van der Waals surface area contributed by atoms with Crippen molar-refractivity contribution < 1.29 is 19.4 Å². The zero-order valence-electron chi connectivity index (χ0n) is 18.2. The highest BCUT2D eigenvalue weighted by Gasteiger charge is 2.39. The van der Waals surface area contributed by atoms with E-state index in [4.69, 9.17) is 4.74 Å². The van der Waals surface area contributed by atoms with Crippen LogP contribution in [0.2, 0.25) is 0 Å². The van der Waals surface area contributed by atoms with Crippen LogP contribution < -0.4 is 10.6 Å². The van der Waals surface area contributed by atoms with Crippen molar-refractivity contribution in [2.45, 2.75) is 24.9 Å². The van der Waals surface area contributed by atoms with Gasteiger partial charge in [-0.15, -0.1) is 0 Å². The van der Waals surface area contributed by atoms with Gasteiger partial charge in [0.05, 0.1) is 12.6 Å². The zero-order chi connectivity index (χ0) is 23.0. The molecule has 0 amide bonds. The summed E-state index contributed by atoms with van der Waals surface area (Å²) in [6, 6.07) is 26.5. The van der Waals surface area contributed by atoms with Crippen LogP contribution in [0.3, 0.4) is 0 Å². The predicted molar refractivity (Wildman–Crippen MR) is 125 cm³/mol. The first-order valence-corrected chi connectivity index (χ1v) is 10.5. The van der Waals surface area contributed by atoms with Gasteiger partial charge in [-0.3, -0.25) is 14.9 Å². The van der Waals surface area contributed by atoms with Crippen LogP contribution in [0.4, 0.5) is 5.69 Å². The van der Waals surface area contributed by atoms with Crippen LogP contribution in [-0.4, -0.2) is 36.7 Å². The molecule has 32 heavy (non-hydrogen) atoms. The molecule has 0 heterocycles. The van der Waals surface area contributed by atoms with Gasteiger partial charge in [-0.2, -0.15) is 0 Å². The Morgan fingerprint density at radius 1 is 0.906 bits per heavy atom. The number of anilines is 1. The molecule has 6 nitrogen and oxygen atoms in total. The molecule has 0 radical (unpaired) electrons. The molecule has 3 aromatic carbocycles. The SMILES string of the molecule is CC[C@H](NC(c1ccccc1)(c1ccccc1)c1cccc(NCC(=O)OC)c1)C(=O)O. The molecule has 0 aliphatic carbocycles. The third kappa shape index (κ3) is 4.98. The lowest BCUT2D eigenvalue weighted by molar-refractivity contribution is -0.140. The number of esters is 1. The van der Waals surface area contributed by atoms with Crippen LogP contribution in [0, 0.1) is 0 Å². The number of nitrogens with one attached hydrogen (secondary N) is 2. The molecule has 0 bridgehead atoms. The Labute approximate surface area is 188 Å². The number of aliphatic carboxylic acids is 1. The van der Waals surface area contributed by atoms with Gasteiger partial charge >= 0.3 is 11.9 Å². The normalized spacial score (nSPS) is 12.1. The highest BCUT2D eigenvalue weighted by Crippen LogP contribution is 2.38. The fourth-order valence-corrected chi connectivity index (χ4v) is 3.83. The van der Waals surface area contributed by atoms with E-state index in [0.717, 1.165) is 22.4 Å². The molecule has 3 N–H and O–H groups in total. The third-order valence-corrected chi connectivity index (χ3v) is 5.47. The number of benzene rings is 3. The number of carbonyl (C=O) groups excluding carboxylic acids is 1. The summed E-state index contributed by atoms with van der Waals surface area (Å²) in [4.78, 5) is 23.7. The van der Waals surface area contributed by atoms with Gasteiger partial charge in [-0.1, -0.05) is 79.7 Å². The largest absolute Gasteiger partial charge is 0.480 e. The summed E-state index contributed by atoms with van der Waals surface area (Å²) in [7, 11) is 1.34. The molecular weight excluding hydrogens is 404 g/mol. The van der Waals surface area contributed by atoms with Crippen molar-refractivity contribution >= 4 is 17.6 Å². The zero-order valence-corrected chi connectivity index (χ0v) is 18.2. The van der Waals surface area contributed by atoms with Crippen LogP contribution in [0.5, 0.6) is 0 Å². The summed E-state index contributed by atoms with van der Waals surface area (Å²) in [5.41, 5.74) is 2.48. The minimum Gasteiger partial charge on any atom is -0.480 e. The second-order valence-corrected chi connectivity index (χ2v) is 7.44. The van der Waals surface area contributed by atoms with E-state index in [9.17, 15) is 14.7 Å².